The number of ketones is 1. The van der Waals surface area contributed by atoms with Gasteiger partial charge in [0.25, 0.3) is 0 Å². The van der Waals surface area contributed by atoms with Crippen molar-refractivity contribution in [2.75, 3.05) is 40.5 Å². The van der Waals surface area contributed by atoms with Crippen molar-refractivity contribution in [3.63, 3.8) is 0 Å². The zero-order valence-electron chi connectivity index (χ0n) is 18.6. The van der Waals surface area contributed by atoms with Crippen LogP contribution in [-0.4, -0.2) is 65.0 Å². The molecular formula is C23H27NO8S. The summed E-state index contributed by atoms with van der Waals surface area (Å²) in [5.41, 5.74) is 0.454. The molecular weight excluding hydrogens is 450 g/mol. The van der Waals surface area contributed by atoms with Gasteiger partial charge in [0.2, 0.25) is 10.0 Å². The lowest BCUT2D eigenvalue weighted by atomic mass is 10.1. The Labute approximate surface area is 193 Å². The molecule has 0 radical (unpaired) electrons. The first-order valence-electron chi connectivity index (χ1n) is 10.5. The highest BCUT2D eigenvalue weighted by molar-refractivity contribution is 7.89. The average Bonchev–Trinajstić information content (AvgIpc) is 3.05. The van der Waals surface area contributed by atoms with Crippen LogP contribution in [0.4, 0.5) is 0 Å². The number of ether oxygens (including phenoxy) is 4. The van der Waals surface area contributed by atoms with Crippen LogP contribution in [0.15, 0.2) is 47.4 Å². The van der Waals surface area contributed by atoms with Crippen molar-refractivity contribution in [2.45, 2.75) is 24.2 Å². The predicted octanol–water partition coefficient (Wildman–Crippen LogP) is 2.68. The smallest absolute Gasteiger partial charge is 0.306 e. The van der Waals surface area contributed by atoms with E-state index in [1.807, 2.05) is 0 Å². The standard InChI is InChI=1S/C23H27NO8S/c1-24(2)33(27,28)19-7-5-18(6-8-19)29-14-15-32-23(26)11-9-20(25)17-4-10-21-22(16-17)31-13-3-12-30-21/h4-8,10,16H,3,9,11-15H2,1-2H3. The molecule has 0 spiro atoms. The van der Waals surface area contributed by atoms with Gasteiger partial charge in [-0.1, -0.05) is 0 Å². The van der Waals surface area contributed by atoms with Gasteiger partial charge in [0.05, 0.1) is 24.5 Å². The molecule has 33 heavy (non-hydrogen) atoms. The summed E-state index contributed by atoms with van der Waals surface area (Å²) in [6.07, 6.45) is 0.739. The van der Waals surface area contributed by atoms with E-state index in [2.05, 4.69) is 0 Å². The molecule has 3 rings (SSSR count). The van der Waals surface area contributed by atoms with Crippen LogP contribution < -0.4 is 14.2 Å². The van der Waals surface area contributed by atoms with E-state index in [1.165, 1.54) is 38.4 Å². The molecule has 0 N–H and O–H groups in total. The third kappa shape index (κ3) is 6.69. The van der Waals surface area contributed by atoms with Gasteiger partial charge in [0.15, 0.2) is 17.3 Å². The molecule has 0 unspecified atom stereocenters. The van der Waals surface area contributed by atoms with E-state index in [9.17, 15) is 18.0 Å². The fraction of sp³-hybridized carbons (Fsp3) is 0.391. The normalized spacial score (nSPS) is 13.3. The van der Waals surface area contributed by atoms with Crippen molar-refractivity contribution < 1.29 is 37.0 Å². The second kappa shape index (κ2) is 11.2. The van der Waals surface area contributed by atoms with Crippen LogP contribution in [0.25, 0.3) is 0 Å². The van der Waals surface area contributed by atoms with Crippen LogP contribution in [-0.2, 0) is 19.6 Å². The summed E-state index contributed by atoms with van der Waals surface area (Å²) >= 11 is 0. The highest BCUT2D eigenvalue weighted by Crippen LogP contribution is 2.30. The molecule has 0 saturated heterocycles. The number of carbonyl (C=O) groups is 2. The van der Waals surface area contributed by atoms with Crippen molar-refractivity contribution in [2.24, 2.45) is 0 Å². The molecule has 1 aliphatic rings. The van der Waals surface area contributed by atoms with Gasteiger partial charge >= 0.3 is 5.97 Å². The van der Waals surface area contributed by atoms with Crippen molar-refractivity contribution in [1.29, 1.82) is 0 Å². The Balaban J connectivity index is 1.39. The molecule has 2 aromatic carbocycles. The zero-order valence-corrected chi connectivity index (χ0v) is 19.4. The largest absolute Gasteiger partial charge is 0.490 e. The van der Waals surface area contributed by atoms with Crippen LogP contribution in [0.3, 0.4) is 0 Å². The van der Waals surface area contributed by atoms with E-state index < -0.39 is 16.0 Å². The van der Waals surface area contributed by atoms with Gasteiger partial charge in [-0.05, 0) is 42.5 Å². The van der Waals surface area contributed by atoms with E-state index in [0.29, 0.717) is 36.0 Å². The van der Waals surface area contributed by atoms with Crippen LogP contribution in [0, 0.1) is 0 Å². The Bertz CT molecular complexity index is 1080. The maximum atomic E-state index is 12.4. The molecule has 10 heteroatoms. The van der Waals surface area contributed by atoms with Gasteiger partial charge in [0, 0.05) is 32.5 Å². The summed E-state index contributed by atoms with van der Waals surface area (Å²) in [6.45, 7) is 1.20. The van der Waals surface area contributed by atoms with Crippen LogP contribution in [0.5, 0.6) is 17.2 Å². The fourth-order valence-electron chi connectivity index (χ4n) is 3.00. The minimum Gasteiger partial charge on any atom is -0.490 e. The highest BCUT2D eigenvalue weighted by atomic mass is 32.2. The third-order valence-electron chi connectivity index (χ3n) is 4.84. The first-order chi connectivity index (χ1) is 15.8. The Morgan fingerprint density at radius 3 is 2.33 bits per heavy atom. The lowest BCUT2D eigenvalue weighted by molar-refractivity contribution is -0.144. The summed E-state index contributed by atoms with van der Waals surface area (Å²) in [6, 6.07) is 11.0. The van der Waals surface area contributed by atoms with Gasteiger partial charge < -0.3 is 18.9 Å². The van der Waals surface area contributed by atoms with Gasteiger partial charge in [-0.15, -0.1) is 0 Å². The lowest BCUT2D eigenvalue weighted by Gasteiger charge is -2.12. The third-order valence-corrected chi connectivity index (χ3v) is 6.67. The number of rotatable bonds is 10. The summed E-state index contributed by atoms with van der Waals surface area (Å²) in [5, 5.41) is 0. The number of hydrogen-bond donors (Lipinski definition) is 0. The SMILES string of the molecule is CN(C)S(=O)(=O)c1ccc(OCCOC(=O)CCC(=O)c2ccc3c(c2)OCCCO3)cc1. The molecule has 0 atom stereocenters. The Kier molecular flexibility index (Phi) is 8.29. The number of esters is 1. The Morgan fingerprint density at radius 1 is 0.939 bits per heavy atom. The number of Topliss-reactive ketones (excluding diaryl/α,β-unsaturated/α-hetero) is 1. The predicted molar refractivity (Wildman–Crippen MR) is 119 cm³/mol. The van der Waals surface area contributed by atoms with Crippen LogP contribution in [0.1, 0.15) is 29.6 Å². The molecule has 2 aromatic rings. The number of benzene rings is 2. The zero-order chi connectivity index (χ0) is 23.8. The molecule has 0 aliphatic carbocycles. The van der Waals surface area contributed by atoms with Gasteiger partial charge in [-0.2, -0.15) is 0 Å². The number of hydrogen-bond acceptors (Lipinski definition) is 8. The first kappa shape index (κ1) is 24.5. The highest BCUT2D eigenvalue weighted by Gasteiger charge is 2.17. The molecule has 0 amide bonds. The summed E-state index contributed by atoms with van der Waals surface area (Å²) < 4.78 is 46.9. The minimum atomic E-state index is -3.50. The van der Waals surface area contributed by atoms with E-state index >= 15 is 0 Å². The molecule has 0 saturated carbocycles. The van der Waals surface area contributed by atoms with E-state index in [4.69, 9.17) is 18.9 Å². The van der Waals surface area contributed by atoms with Crippen LogP contribution >= 0.6 is 0 Å². The molecule has 0 bridgehead atoms. The average molecular weight is 478 g/mol. The van der Waals surface area contributed by atoms with Gasteiger partial charge in [-0.25, -0.2) is 12.7 Å². The summed E-state index contributed by atoms with van der Waals surface area (Å²) in [5.74, 6) is 0.900. The topological polar surface area (TPSA) is 108 Å². The summed E-state index contributed by atoms with van der Waals surface area (Å²) in [7, 11) is -0.587. The first-order valence-corrected chi connectivity index (χ1v) is 12.0. The van der Waals surface area contributed by atoms with Crippen molar-refractivity contribution in [3.05, 3.63) is 48.0 Å². The number of nitrogens with zero attached hydrogens (tertiary/aromatic N) is 1. The minimum absolute atomic E-state index is 0.00873. The van der Waals surface area contributed by atoms with Crippen LogP contribution in [0.2, 0.25) is 0 Å². The van der Waals surface area contributed by atoms with Gasteiger partial charge in [-0.3, -0.25) is 9.59 Å². The van der Waals surface area contributed by atoms with Crippen molar-refractivity contribution in [3.8, 4) is 17.2 Å². The van der Waals surface area contributed by atoms with E-state index in [-0.39, 0.29) is 36.7 Å². The monoisotopic (exact) mass is 477 g/mol. The maximum Gasteiger partial charge on any atom is 0.306 e. The number of fused-ring (bicyclic) bond motifs is 1. The van der Waals surface area contributed by atoms with E-state index in [0.717, 1.165) is 10.7 Å². The fourth-order valence-corrected chi connectivity index (χ4v) is 3.90. The lowest BCUT2D eigenvalue weighted by Crippen LogP contribution is -2.22. The quantitative estimate of drug-likeness (QED) is 0.292. The Morgan fingerprint density at radius 2 is 1.64 bits per heavy atom. The maximum absolute atomic E-state index is 12.4. The van der Waals surface area contributed by atoms with E-state index in [1.54, 1.807) is 18.2 Å². The second-order valence-corrected chi connectivity index (χ2v) is 9.61. The number of carbonyl (C=O) groups excluding carboxylic acids is 2. The number of sulfonamides is 1. The van der Waals surface area contributed by atoms with Crippen molar-refractivity contribution >= 4 is 21.8 Å². The molecule has 178 valence electrons. The summed E-state index contributed by atoms with van der Waals surface area (Å²) in [4.78, 5) is 24.5. The van der Waals surface area contributed by atoms with Gasteiger partial charge in [0.1, 0.15) is 19.0 Å². The van der Waals surface area contributed by atoms with Crippen molar-refractivity contribution in [1.82, 2.24) is 4.31 Å². The molecule has 1 heterocycles. The molecule has 1 aliphatic heterocycles. The molecule has 9 nitrogen and oxygen atoms in total. The second-order valence-electron chi connectivity index (χ2n) is 7.46. The molecule has 0 aromatic heterocycles. The Hall–Kier alpha value is -3.11. The molecule has 0 fully saturated rings.